The van der Waals surface area contributed by atoms with E-state index in [4.69, 9.17) is 0 Å². The summed E-state index contributed by atoms with van der Waals surface area (Å²) in [5, 5.41) is 13.2. The maximum atomic E-state index is 12.8. The van der Waals surface area contributed by atoms with Gasteiger partial charge in [0.2, 0.25) is 5.91 Å². The predicted octanol–water partition coefficient (Wildman–Crippen LogP) is 1.27. The van der Waals surface area contributed by atoms with Gasteiger partial charge in [0, 0.05) is 44.4 Å². The summed E-state index contributed by atoms with van der Waals surface area (Å²) in [5.41, 5.74) is 1.23. The zero-order valence-electron chi connectivity index (χ0n) is 16.1. The highest BCUT2D eigenvalue weighted by molar-refractivity contribution is 5.95. The van der Waals surface area contributed by atoms with Gasteiger partial charge >= 0.3 is 0 Å². The average Bonchev–Trinajstić information content (AvgIpc) is 3.03. The number of amides is 2. The lowest BCUT2D eigenvalue weighted by Crippen LogP contribution is -2.44. The highest BCUT2D eigenvalue weighted by atomic mass is 16.3. The van der Waals surface area contributed by atoms with Gasteiger partial charge in [-0.05, 0) is 37.1 Å². The van der Waals surface area contributed by atoms with Crippen molar-refractivity contribution in [2.24, 2.45) is 0 Å². The van der Waals surface area contributed by atoms with Crippen LogP contribution in [0, 0.1) is 0 Å². The number of carbonyl (C=O) groups excluding carboxylic acids is 2. The quantitative estimate of drug-likeness (QED) is 0.824. The molecular weight excluding hydrogens is 346 g/mol. The molecule has 0 aromatic heterocycles. The maximum Gasteiger partial charge on any atom is 0.253 e. The van der Waals surface area contributed by atoms with Gasteiger partial charge in [-0.3, -0.25) is 14.5 Å². The van der Waals surface area contributed by atoms with Crippen LogP contribution in [0.15, 0.2) is 24.3 Å². The molecule has 7 nitrogen and oxygen atoms in total. The highest BCUT2D eigenvalue weighted by Crippen LogP contribution is 2.27. The zero-order valence-corrected chi connectivity index (χ0v) is 16.1. The molecule has 2 aliphatic rings. The number of aliphatic hydroxyl groups is 1. The van der Waals surface area contributed by atoms with Gasteiger partial charge in [0.25, 0.3) is 5.91 Å². The summed E-state index contributed by atoms with van der Waals surface area (Å²) in [7, 11) is 1.77. The van der Waals surface area contributed by atoms with Gasteiger partial charge in [-0.25, -0.2) is 0 Å². The van der Waals surface area contributed by atoms with Crippen molar-refractivity contribution in [3.8, 4) is 0 Å². The second-order valence-corrected chi connectivity index (χ2v) is 7.56. The number of hydrogen-bond donors (Lipinski definition) is 2. The number of benzene rings is 1. The van der Waals surface area contributed by atoms with E-state index in [2.05, 4.69) is 10.2 Å². The summed E-state index contributed by atoms with van der Waals surface area (Å²) in [4.78, 5) is 27.9. The number of carbonyl (C=O) groups is 2. The maximum absolute atomic E-state index is 12.8. The molecule has 0 spiro atoms. The molecule has 1 aliphatic heterocycles. The van der Waals surface area contributed by atoms with Crippen LogP contribution in [-0.2, 0) is 4.79 Å². The number of β-amino-alcohol motifs (C(OH)–C–C–N with tert-alkyl or cyclic N) is 1. The Hall–Kier alpha value is -1.96. The summed E-state index contributed by atoms with van der Waals surface area (Å²) in [6, 6.07) is 7.24. The van der Waals surface area contributed by atoms with E-state index < -0.39 is 6.10 Å². The van der Waals surface area contributed by atoms with Crippen LogP contribution in [0.2, 0.25) is 0 Å². The van der Waals surface area contributed by atoms with E-state index in [1.54, 1.807) is 36.2 Å². The minimum Gasteiger partial charge on any atom is -0.412 e. The third-order valence-corrected chi connectivity index (χ3v) is 5.65. The second-order valence-electron chi connectivity index (χ2n) is 7.56. The molecule has 0 bridgehead atoms. The Labute approximate surface area is 160 Å². The van der Waals surface area contributed by atoms with Crippen LogP contribution in [0.3, 0.4) is 0 Å². The van der Waals surface area contributed by atoms with Gasteiger partial charge in [-0.15, -0.1) is 0 Å². The van der Waals surface area contributed by atoms with Crippen LogP contribution in [-0.4, -0.2) is 70.5 Å². The molecule has 1 aliphatic carbocycles. The summed E-state index contributed by atoms with van der Waals surface area (Å²) < 4.78 is 0. The van der Waals surface area contributed by atoms with Crippen molar-refractivity contribution in [2.45, 2.75) is 57.2 Å². The van der Waals surface area contributed by atoms with Gasteiger partial charge in [0.15, 0.2) is 0 Å². The third-order valence-electron chi connectivity index (χ3n) is 5.65. The molecule has 7 heteroatoms. The van der Waals surface area contributed by atoms with E-state index in [1.165, 1.54) is 39.0 Å². The van der Waals surface area contributed by atoms with Crippen LogP contribution in [0.5, 0.6) is 0 Å². The Bertz CT molecular complexity index is 643. The number of hydrogen-bond acceptors (Lipinski definition) is 4. The van der Waals surface area contributed by atoms with Crippen LogP contribution in [0.4, 0.5) is 5.69 Å². The first-order valence-electron chi connectivity index (χ1n) is 9.52. The predicted molar refractivity (Wildman–Crippen MR) is 105 cm³/mol. The van der Waals surface area contributed by atoms with Gasteiger partial charge in [-0.2, -0.15) is 0 Å². The van der Waals surface area contributed by atoms with Gasteiger partial charge in [-0.1, -0.05) is 19.3 Å². The molecule has 0 unspecified atom stereocenters. The molecule has 4 N–H and O–H groups in total. The number of anilines is 1. The first-order chi connectivity index (χ1) is 12.5. The Balaban J connectivity index is 0.00000261. The number of likely N-dealkylation sites (tertiary alicyclic amines) is 1. The number of nitrogens with zero attached hydrogens (tertiary/aromatic N) is 2. The summed E-state index contributed by atoms with van der Waals surface area (Å²) in [5.74, 6) is -0.244. The molecule has 0 radical (unpaired) electrons. The topological polar surface area (TPSA) is 104 Å². The van der Waals surface area contributed by atoms with Crippen LogP contribution < -0.4 is 5.32 Å². The SMILES string of the molecule is CC(=O)Nc1ccc(C(=O)N(C)[C@H]2CN(C3CCCCC3)C[C@@H]2O)cc1.O. The van der Waals surface area contributed by atoms with Crippen molar-refractivity contribution in [1.82, 2.24) is 9.80 Å². The van der Waals surface area contributed by atoms with E-state index in [0.29, 0.717) is 23.8 Å². The van der Waals surface area contributed by atoms with Gasteiger partial charge in [0.05, 0.1) is 12.1 Å². The fourth-order valence-electron chi connectivity index (χ4n) is 4.18. The van der Waals surface area contributed by atoms with Gasteiger partial charge in [0.1, 0.15) is 0 Å². The van der Waals surface area contributed by atoms with E-state index in [0.717, 1.165) is 6.54 Å². The standard InChI is InChI=1S/C20H29N3O3.H2O/c1-14(24)21-16-10-8-15(9-11-16)20(26)22(2)18-12-23(13-19(18)25)17-6-4-3-5-7-17;/h8-11,17-19,25H,3-7,12-13H2,1-2H3,(H,21,24);1H2/t18-,19-;/m0./s1. The Kier molecular flexibility index (Phi) is 7.35. The van der Waals surface area contributed by atoms with E-state index in [9.17, 15) is 14.7 Å². The average molecular weight is 377 g/mol. The lowest BCUT2D eigenvalue weighted by Gasteiger charge is -2.31. The zero-order chi connectivity index (χ0) is 18.7. The molecule has 1 heterocycles. The Morgan fingerprint density at radius 3 is 2.33 bits per heavy atom. The van der Waals surface area contributed by atoms with Crippen molar-refractivity contribution < 1.29 is 20.2 Å². The summed E-state index contributed by atoms with van der Waals surface area (Å²) >= 11 is 0. The molecule has 27 heavy (non-hydrogen) atoms. The van der Waals surface area contributed by atoms with Crippen LogP contribution in [0.25, 0.3) is 0 Å². The van der Waals surface area contributed by atoms with Crippen molar-refractivity contribution in [2.75, 3.05) is 25.5 Å². The number of rotatable bonds is 4. The van der Waals surface area contributed by atoms with Crippen LogP contribution >= 0.6 is 0 Å². The number of aliphatic hydroxyl groups excluding tert-OH is 1. The highest BCUT2D eigenvalue weighted by Gasteiger charge is 2.39. The lowest BCUT2D eigenvalue weighted by molar-refractivity contribution is -0.114. The smallest absolute Gasteiger partial charge is 0.253 e. The lowest BCUT2D eigenvalue weighted by atomic mass is 9.94. The summed E-state index contributed by atoms with van der Waals surface area (Å²) in [6.45, 7) is 2.83. The Morgan fingerprint density at radius 1 is 1.11 bits per heavy atom. The molecule has 2 amide bonds. The number of likely N-dealkylation sites (N-methyl/N-ethyl adjacent to an activating group) is 1. The summed E-state index contributed by atoms with van der Waals surface area (Å²) in [6.07, 6.45) is 5.71. The fourth-order valence-corrected chi connectivity index (χ4v) is 4.18. The molecule has 1 aromatic rings. The minimum atomic E-state index is -0.510. The van der Waals surface area contributed by atoms with E-state index in [1.807, 2.05) is 0 Å². The Morgan fingerprint density at radius 2 is 1.74 bits per heavy atom. The monoisotopic (exact) mass is 377 g/mol. The van der Waals surface area contributed by atoms with E-state index in [-0.39, 0.29) is 23.3 Å². The molecule has 1 aromatic carbocycles. The van der Waals surface area contributed by atoms with E-state index >= 15 is 0 Å². The van der Waals surface area contributed by atoms with Crippen molar-refractivity contribution in [1.29, 1.82) is 0 Å². The van der Waals surface area contributed by atoms with Crippen LogP contribution in [0.1, 0.15) is 49.4 Å². The second kappa shape index (κ2) is 9.30. The van der Waals surface area contributed by atoms with Crippen molar-refractivity contribution >= 4 is 17.5 Å². The molecule has 2 fully saturated rings. The molecule has 150 valence electrons. The first-order valence-corrected chi connectivity index (χ1v) is 9.52. The molecule has 3 rings (SSSR count). The molecule has 1 saturated carbocycles. The van der Waals surface area contributed by atoms with Crippen molar-refractivity contribution in [3.05, 3.63) is 29.8 Å². The largest absolute Gasteiger partial charge is 0.412 e. The number of nitrogens with one attached hydrogen (secondary N) is 1. The first kappa shape index (κ1) is 21.3. The fraction of sp³-hybridized carbons (Fsp3) is 0.600. The molecular formula is C20H31N3O4. The molecule has 2 atom stereocenters. The van der Waals surface area contributed by atoms with Crippen molar-refractivity contribution in [3.63, 3.8) is 0 Å². The normalized spacial score (nSPS) is 23.5. The van der Waals surface area contributed by atoms with Gasteiger partial charge < -0.3 is 20.8 Å². The molecule has 1 saturated heterocycles. The minimum absolute atomic E-state index is 0. The third kappa shape index (κ3) is 5.06.